The first-order chi connectivity index (χ1) is 21.9. The fourth-order valence-electron chi connectivity index (χ4n) is 6.82. The SMILES string of the molecule is O=C(C[C@@H]1Cc2cc(Cl)c3[nH]ncc3c2CN(Cc2ccncc2)C1=O)N1CCC(c2ccc(-c3ccccc3)c[n+]2O)CC1. The first-order valence-electron chi connectivity index (χ1n) is 15.3. The number of hydrogen-bond acceptors (Lipinski definition) is 5. The summed E-state index contributed by atoms with van der Waals surface area (Å²) in [6.45, 7) is 1.97. The molecule has 2 amide bonds. The first kappa shape index (κ1) is 29.0. The third kappa shape index (κ3) is 5.88. The van der Waals surface area contributed by atoms with Gasteiger partial charge in [-0.05, 0) is 65.8 Å². The lowest BCUT2D eigenvalue weighted by Crippen LogP contribution is -2.44. The molecule has 2 aliphatic rings. The van der Waals surface area contributed by atoms with E-state index in [-0.39, 0.29) is 24.2 Å². The Bertz CT molecular complexity index is 1850. The maximum atomic E-state index is 14.1. The van der Waals surface area contributed by atoms with Crippen molar-refractivity contribution in [1.29, 1.82) is 0 Å². The van der Waals surface area contributed by atoms with E-state index in [9.17, 15) is 14.8 Å². The van der Waals surface area contributed by atoms with E-state index in [0.29, 0.717) is 37.6 Å². The van der Waals surface area contributed by atoms with Crippen molar-refractivity contribution in [3.8, 4) is 11.1 Å². The zero-order valence-electron chi connectivity index (χ0n) is 24.8. The van der Waals surface area contributed by atoms with Crippen LogP contribution in [0, 0.1) is 5.92 Å². The van der Waals surface area contributed by atoms with E-state index in [0.717, 1.165) is 57.3 Å². The van der Waals surface area contributed by atoms with Gasteiger partial charge in [-0.3, -0.25) is 24.9 Å². The van der Waals surface area contributed by atoms with Gasteiger partial charge < -0.3 is 9.80 Å². The van der Waals surface area contributed by atoms with Crippen molar-refractivity contribution < 1.29 is 19.5 Å². The van der Waals surface area contributed by atoms with Crippen LogP contribution in [0.1, 0.15) is 47.6 Å². The lowest BCUT2D eigenvalue weighted by Gasteiger charge is -2.32. The Kier molecular flexibility index (Phi) is 7.94. The van der Waals surface area contributed by atoms with Crippen LogP contribution in [0.25, 0.3) is 22.0 Å². The average Bonchev–Trinajstić information content (AvgIpc) is 3.53. The van der Waals surface area contributed by atoms with Gasteiger partial charge >= 0.3 is 0 Å². The number of fused-ring (bicyclic) bond motifs is 3. The second kappa shape index (κ2) is 12.3. The minimum absolute atomic E-state index is 0.0223. The van der Waals surface area contributed by atoms with Gasteiger partial charge in [0.25, 0.3) is 0 Å². The number of pyridine rings is 2. The molecule has 5 heterocycles. The fraction of sp³-hybridized carbons (Fsp3) is 0.286. The number of likely N-dealkylation sites (tertiary alicyclic amines) is 1. The summed E-state index contributed by atoms with van der Waals surface area (Å²) in [7, 11) is 0. The summed E-state index contributed by atoms with van der Waals surface area (Å²) < 4.78 is 1.23. The number of carbonyl (C=O) groups excluding carboxylic acids is 2. The molecule has 10 heteroatoms. The Labute approximate surface area is 266 Å². The Morgan fingerprint density at radius 3 is 2.58 bits per heavy atom. The molecule has 1 saturated heterocycles. The highest BCUT2D eigenvalue weighted by molar-refractivity contribution is 6.35. The number of hydrogen-bond donors (Lipinski definition) is 2. The van der Waals surface area contributed by atoms with Gasteiger partial charge in [0.2, 0.25) is 23.7 Å². The second-order valence-corrected chi connectivity index (χ2v) is 12.4. The smallest absolute Gasteiger partial charge is 0.237 e. The van der Waals surface area contributed by atoms with Crippen molar-refractivity contribution in [2.24, 2.45) is 5.92 Å². The van der Waals surface area contributed by atoms with Crippen LogP contribution in [0.2, 0.25) is 5.02 Å². The van der Waals surface area contributed by atoms with Crippen LogP contribution in [-0.2, 0) is 29.1 Å². The number of halogens is 1. The van der Waals surface area contributed by atoms with E-state index in [1.165, 1.54) is 4.73 Å². The highest BCUT2D eigenvalue weighted by Crippen LogP contribution is 2.35. The summed E-state index contributed by atoms with van der Waals surface area (Å²) in [5.41, 5.74) is 6.54. The zero-order chi connectivity index (χ0) is 30.9. The molecular formula is C35H34ClN6O3+. The minimum Gasteiger partial charge on any atom is -0.343 e. The van der Waals surface area contributed by atoms with Crippen molar-refractivity contribution in [3.63, 3.8) is 0 Å². The number of aromatic nitrogens is 4. The quantitative estimate of drug-likeness (QED) is 0.198. The molecule has 45 heavy (non-hydrogen) atoms. The molecule has 0 aliphatic carbocycles. The van der Waals surface area contributed by atoms with Crippen molar-refractivity contribution in [1.82, 2.24) is 25.0 Å². The minimum atomic E-state index is -0.510. The van der Waals surface area contributed by atoms with E-state index in [2.05, 4.69) is 15.2 Å². The van der Waals surface area contributed by atoms with Gasteiger partial charge in [-0.1, -0.05) is 41.9 Å². The molecule has 1 atom stereocenters. The summed E-state index contributed by atoms with van der Waals surface area (Å²) in [6.07, 6.45) is 8.99. The van der Waals surface area contributed by atoms with Crippen LogP contribution >= 0.6 is 11.6 Å². The molecule has 1 fully saturated rings. The Morgan fingerprint density at radius 1 is 1.04 bits per heavy atom. The summed E-state index contributed by atoms with van der Waals surface area (Å²) in [5.74, 6) is -0.445. The van der Waals surface area contributed by atoms with Crippen molar-refractivity contribution >= 4 is 34.3 Å². The number of amides is 2. The normalized spacial score (nSPS) is 17.4. The predicted molar refractivity (Wildman–Crippen MR) is 169 cm³/mol. The summed E-state index contributed by atoms with van der Waals surface area (Å²) in [5, 5.41) is 19.5. The summed E-state index contributed by atoms with van der Waals surface area (Å²) in [4.78, 5) is 35.6. The molecule has 0 spiro atoms. The highest BCUT2D eigenvalue weighted by atomic mass is 35.5. The predicted octanol–water partition coefficient (Wildman–Crippen LogP) is 5.30. The Morgan fingerprint density at radius 2 is 1.82 bits per heavy atom. The number of benzene rings is 2. The molecule has 2 N–H and O–H groups in total. The van der Waals surface area contributed by atoms with Gasteiger partial charge in [0.05, 0.1) is 34.1 Å². The van der Waals surface area contributed by atoms with Crippen LogP contribution in [0.4, 0.5) is 0 Å². The Hall–Kier alpha value is -4.76. The van der Waals surface area contributed by atoms with Gasteiger partial charge in [0.15, 0.2) is 0 Å². The van der Waals surface area contributed by atoms with E-state index < -0.39 is 5.92 Å². The summed E-state index contributed by atoms with van der Waals surface area (Å²) in [6, 6.07) is 19.7. The van der Waals surface area contributed by atoms with Crippen LogP contribution < -0.4 is 4.73 Å². The molecule has 2 aliphatic heterocycles. The number of piperidine rings is 1. The zero-order valence-corrected chi connectivity index (χ0v) is 25.5. The lowest BCUT2D eigenvalue weighted by molar-refractivity contribution is -0.910. The maximum Gasteiger partial charge on any atom is 0.237 e. The van der Waals surface area contributed by atoms with Gasteiger partial charge in [0, 0.05) is 61.2 Å². The van der Waals surface area contributed by atoms with Crippen LogP contribution in [0.3, 0.4) is 0 Å². The molecular weight excluding hydrogens is 588 g/mol. The number of aromatic amines is 1. The van der Waals surface area contributed by atoms with Gasteiger partial charge in [0.1, 0.15) is 0 Å². The van der Waals surface area contributed by atoms with Gasteiger partial charge in [-0.25, -0.2) is 0 Å². The Balaban J connectivity index is 1.07. The lowest BCUT2D eigenvalue weighted by atomic mass is 9.90. The number of nitrogens with zero attached hydrogens (tertiary/aromatic N) is 5. The maximum absolute atomic E-state index is 14.1. The van der Waals surface area contributed by atoms with Crippen LogP contribution in [0.15, 0.2) is 85.5 Å². The van der Waals surface area contributed by atoms with E-state index in [4.69, 9.17) is 11.6 Å². The van der Waals surface area contributed by atoms with Crippen molar-refractivity contribution in [2.45, 2.75) is 44.7 Å². The average molecular weight is 622 g/mol. The molecule has 0 unspecified atom stereocenters. The highest BCUT2D eigenvalue weighted by Gasteiger charge is 2.35. The number of nitrogens with one attached hydrogen (secondary N) is 1. The monoisotopic (exact) mass is 621 g/mol. The molecule has 9 nitrogen and oxygen atoms in total. The topological polar surface area (TPSA) is 106 Å². The van der Waals surface area contributed by atoms with E-state index in [1.54, 1.807) is 24.8 Å². The fourth-order valence-corrected chi connectivity index (χ4v) is 7.10. The van der Waals surface area contributed by atoms with Gasteiger partial charge in [-0.15, -0.1) is 0 Å². The second-order valence-electron chi connectivity index (χ2n) is 12.0. The standard InChI is InChI=1S/C35H34ClN6O3/c36-31-17-27-16-28(35(44)41(20-23-8-12-37-13-9-23)22-30(27)29-19-38-39-34(29)31)18-33(43)40-14-10-25(11-15-40)32-7-6-26(21-42(32)45)24-4-2-1-3-5-24/h1-9,12-13,17,19,21,25,28,45H,10-11,14-16,18,20,22H2,(H,38,39)/q+1/t28-/m0/s1. The van der Waals surface area contributed by atoms with E-state index in [1.807, 2.05) is 70.5 Å². The molecule has 5 aromatic rings. The number of rotatable bonds is 6. The molecule has 3 aromatic heterocycles. The van der Waals surface area contributed by atoms with Crippen LogP contribution in [0.5, 0.6) is 0 Å². The third-order valence-electron chi connectivity index (χ3n) is 9.24. The van der Waals surface area contributed by atoms with Crippen molar-refractivity contribution in [3.05, 3.63) is 113 Å². The first-order valence-corrected chi connectivity index (χ1v) is 15.7. The molecule has 2 aromatic carbocycles. The molecule has 7 rings (SSSR count). The number of carbonyl (C=O) groups is 2. The van der Waals surface area contributed by atoms with Crippen molar-refractivity contribution in [2.75, 3.05) is 13.1 Å². The summed E-state index contributed by atoms with van der Waals surface area (Å²) >= 11 is 6.61. The largest absolute Gasteiger partial charge is 0.343 e. The molecule has 0 bridgehead atoms. The molecule has 0 saturated carbocycles. The molecule has 0 radical (unpaired) electrons. The van der Waals surface area contributed by atoms with E-state index >= 15 is 0 Å². The van der Waals surface area contributed by atoms with Gasteiger partial charge in [-0.2, -0.15) is 5.10 Å². The van der Waals surface area contributed by atoms with Crippen LogP contribution in [-0.4, -0.2) is 55.1 Å². The third-order valence-corrected chi connectivity index (χ3v) is 9.54. The molecule has 228 valence electrons. The number of H-pyrrole nitrogens is 1.